The molecule has 0 aliphatic heterocycles. The third-order valence-electron chi connectivity index (χ3n) is 2.99. The first kappa shape index (κ1) is 15.3. The summed E-state index contributed by atoms with van der Waals surface area (Å²) in [5, 5.41) is 6.28. The van der Waals surface area contributed by atoms with Crippen LogP contribution in [0.15, 0.2) is 36.5 Å². The quantitative estimate of drug-likeness (QED) is 0.890. The third kappa shape index (κ3) is 4.20. The highest BCUT2D eigenvalue weighted by molar-refractivity contribution is 6.33. The smallest absolute Gasteiger partial charge is 0.253 e. The maximum Gasteiger partial charge on any atom is 0.253 e. The zero-order valence-electron chi connectivity index (χ0n) is 12.1. The number of benzene rings is 1. The van der Waals surface area contributed by atoms with Gasteiger partial charge in [0.25, 0.3) is 5.91 Å². The van der Waals surface area contributed by atoms with E-state index in [1.807, 2.05) is 38.1 Å². The van der Waals surface area contributed by atoms with Gasteiger partial charge in [-0.25, -0.2) is 4.98 Å². The molecule has 4 nitrogen and oxygen atoms in total. The van der Waals surface area contributed by atoms with Gasteiger partial charge in [0.2, 0.25) is 0 Å². The predicted octanol–water partition coefficient (Wildman–Crippen LogP) is 3.41. The highest BCUT2D eigenvalue weighted by atomic mass is 35.5. The number of hydrogen-bond acceptors (Lipinski definition) is 3. The van der Waals surface area contributed by atoms with Gasteiger partial charge in [-0.1, -0.05) is 41.4 Å². The van der Waals surface area contributed by atoms with Crippen LogP contribution in [0.2, 0.25) is 5.02 Å². The van der Waals surface area contributed by atoms with Gasteiger partial charge in [-0.3, -0.25) is 4.79 Å². The summed E-state index contributed by atoms with van der Waals surface area (Å²) in [5.41, 5.74) is 2.65. The van der Waals surface area contributed by atoms with E-state index < -0.39 is 0 Å². The van der Waals surface area contributed by atoms with Gasteiger partial charge in [-0.05, 0) is 25.5 Å². The normalized spacial score (nSPS) is 10.2. The standard InChI is InChI=1S/C16H18ClN3O/c1-3-18-15-8-13(14(17)10-19-15)16(21)20-9-12-6-4-5-11(2)7-12/h4-8,10H,3,9H2,1-2H3,(H,18,19)(H,20,21). The second-order valence-electron chi connectivity index (χ2n) is 4.75. The van der Waals surface area contributed by atoms with Crippen LogP contribution in [0.5, 0.6) is 0 Å². The first-order valence-electron chi connectivity index (χ1n) is 6.83. The Morgan fingerprint density at radius 2 is 2.14 bits per heavy atom. The molecule has 2 aromatic rings. The molecule has 0 aliphatic rings. The molecule has 0 atom stereocenters. The highest BCUT2D eigenvalue weighted by Gasteiger charge is 2.11. The van der Waals surface area contributed by atoms with Crippen molar-refractivity contribution < 1.29 is 4.79 Å². The number of halogens is 1. The first-order valence-corrected chi connectivity index (χ1v) is 7.21. The maximum absolute atomic E-state index is 12.2. The molecule has 0 aliphatic carbocycles. The van der Waals surface area contributed by atoms with E-state index >= 15 is 0 Å². The van der Waals surface area contributed by atoms with Gasteiger partial charge in [0.15, 0.2) is 0 Å². The van der Waals surface area contributed by atoms with E-state index in [1.54, 1.807) is 6.07 Å². The Balaban J connectivity index is 2.07. The van der Waals surface area contributed by atoms with E-state index in [2.05, 4.69) is 15.6 Å². The van der Waals surface area contributed by atoms with Crippen molar-refractivity contribution in [1.29, 1.82) is 0 Å². The molecule has 0 spiro atoms. The highest BCUT2D eigenvalue weighted by Crippen LogP contribution is 2.18. The number of carbonyl (C=O) groups is 1. The average Bonchev–Trinajstić information content (AvgIpc) is 2.47. The van der Waals surface area contributed by atoms with E-state index in [0.29, 0.717) is 22.9 Å². The summed E-state index contributed by atoms with van der Waals surface area (Å²) < 4.78 is 0. The van der Waals surface area contributed by atoms with Gasteiger partial charge in [-0.15, -0.1) is 0 Å². The Morgan fingerprint density at radius 1 is 1.33 bits per heavy atom. The van der Waals surface area contributed by atoms with Crippen LogP contribution in [0.4, 0.5) is 5.82 Å². The molecule has 5 heteroatoms. The van der Waals surface area contributed by atoms with Gasteiger partial charge in [0, 0.05) is 19.3 Å². The average molecular weight is 304 g/mol. The molecule has 0 bridgehead atoms. The van der Waals surface area contributed by atoms with Crippen molar-refractivity contribution in [2.75, 3.05) is 11.9 Å². The minimum atomic E-state index is -0.206. The molecular weight excluding hydrogens is 286 g/mol. The van der Waals surface area contributed by atoms with E-state index in [4.69, 9.17) is 11.6 Å². The lowest BCUT2D eigenvalue weighted by Crippen LogP contribution is -2.23. The first-order chi connectivity index (χ1) is 10.1. The number of aromatic nitrogens is 1. The zero-order chi connectivity index (χ0) is 15.2. The molecule has 21 heavy (non-hydrogen) atoms. The summed E-state index contributed by atoms with van der Waals surface area (Å²) in [5.74, 6) is 0.436. The van der Waals surface area contributed by atoms with Crippen LogP contribution in [-0.2, 0) is 6.54 Å². The van der Waals surface area contributed by atoms with Crippen molar-refractivity contribution in [1.82, 2.24) is 10.3 Å². The van der Waals surface area contributed by atoms with E-state index in [1.165, 1.54) is 6.20 Å². The molecule has 2 rings (SSSR count). The molecule has 0 saturated heterocycles. The number of hydrogen-bond donors (Lipinski definition) is 2. The molecule has 0 unspecified atom stereocenters. The Kier molecular flexibility index (Phi) is 5.17. The van der Waals surface area contributed by atoms with Crippen molar-refractivity contribution in [3.8, 4) is 0 Å². The van der Waals surface area contributed by atoms with Crippen molar-refractivity contribution in [3.05, 3.63) is 58.2 Å². The number of rotatable bonds is 5. The fourth-order valence-electron chi connectivity index (χ4n) is 1.99. The summed E-state index contributed by atoms with van der Waals surface area (Å²) in [4.78, 5) is 16.3. The van der Waals surface area contributed by atoms with Crippen LogP contribution >= 0.6 is 11.6 Å². The van der Waals surface area contributed by atoms with Crippen molar-refractivity contribution in [2.24, 2.45) is 0 Å². The van der Waals surface area contributed by atoms with Crippen LogP contribution < -0.4 is 10.6 Å². The van der Waals surface area contributed by atoms with Gasteiger partial charge in [-0.2, -0.15) is 0 Å². The van der Waals surface area contributed by atoms with Gasteiger partial charge >= 0.3 is 0 Å². The van der Waals surface area contributed by atoms with Gasteiger partial charge in [0.1, 0.15) is 5.82 Å². The van der Waals surface area contributed by atoms with Crippen molar-refractivity contribution >= 4 is 23.3 Å². The van der Waals surface area contributed by atoms with Gasteiger partial charge < -0.3 is 10.6 Å². The topological polar surface area (TPSA) is 54.0 Å². The van der Waals surface area contributed by atoms with Crippen LogP contribution in [-0.4, -0.2) is 17.4 Å². The monoisotopic (exact) mass is 303 g/mol. The number of amides is 1. The van der Waals surface area contributed by atoms with Crippen LogP contribution in [0.3, 0.4) is 0 Å². The molecular formula is C16H18ClN3O. The number of carbonyl (C=O) groups excluding carboxylic acids is 1. The lowest BCUT2D eigenvalue weighted by molar-refractivity contribution is 0.0951. The van der Waals surface area contributed by atoms with E-state index in [0.717, 1.165) is 17.7 Å². The minimum Gasteiger partial charge on any atom is -0.370 e. The molecule has 1 amide bonds. The second-order valence-corrected chi connectivity index (χ2v) is 5.16. The lowest BCUT2D eigenvalue weighted by Gasteiger charge is -2.09. The fourth-order valence-corrected chi connectivity index (χ4v) is 2.18. The van der Waals surface area contributed by atoms with Gasteiger partial charge in [0.05, 0.1) is 10.6 Å². The van der Waals surface area contributed by atoms with Crippen LogP contribution in [0, 0.1) is 6.92 Å². The molecule has 0 saturated carbocycles. The molecule has 110 valence electrons. The van der Waals surface area contributed by atoms with Crippen LogP contribution in [0.1, 0.15) is 28.4 Å². The summed E-state index contributed by atoms with van der Waals surface area (Å²) >= 11 is 6.05. The van der Waals surface area contributed by atoms with Crippen LogP contribution in [0.25, 0.3) is 0 Å². The Morgan fingerprint density at radius 3 is 2.86 bits per heavy atom. The fraction of sp³-hybridized carbons (Fsp3) is 0.250. The largest absolute Gasteiger partial charge is 0.370 e. The summed E-state index contributed by atoms with van der Waals surface area (Å²) in [6.45, 7) is 5.19. The van der Waals surface area contributed by atoms with E-state index in [-0.39, 0.29) is 5.91 Å². The molecule has 1 heterocycles. The third-order valence-corrected chi connectivity index (χ3v) is 3.29. The Labute approximate surface area is 129 Å². The SMILES string of the molecule is CCNc1cc(C(=O)NCc2cccc(C)c2)c(Cl)cn1. The second kappa shape index (κ2) is 7.09. The summed E-state index contributed by atoms with van der Waals surface area (Å²) in [7, 11) is 0. The number of anilines is 1. The molecule has 1 aromatic heterocycles. The van der Waals surface area contributed by atoms with E-state index in [9.17, 15) is 4.79 Å². The zero-order valence-corrected chi connectivity index (χ0v) is 12.9. The number of aryl methyl sites for hydroxylation is 1. The number of nitrogens with zero attached hydrogens (tertiary/aromatic N) is 1. The number of pyridine rings is 1. The minimum absolute atomic E-state index is 0.206. The predicted molar refractivity (Wildman–Crippen MR) is 85.8 cm³/mol. The lowest BCUT2D eigenvalue weighted by atomic mass is 10.1. The van der Waals surface area contributed by atoms with Crippen molar-refractivity contribution in [3.63, 3.8) is 0 Å². The molecule has 2 N–H and O–H groups in total. The van der Waals surface area contributed by atoms with Crippen molar-refractivity contribution in [2.45, 2.75) is 20.4 Å². The molecule has 1 aromatic carbocycles. The summed E-state index contributed by atoms with van der Waals surface area (Å²) in [6, 6.07) is 9.68. The number of nitrogens with one attached hydrogen (secondary N) is 2. The Hall–Kier alpha value is -2.07. The summed E-state index contributed by atoms with van der Waals surface area (Å²) in [6.07, 6.45) is 1.49. The Bertz CT molecular complexity index is 643. The maximum atomic E-state index is 12.2. The molecule has 0 fully saturated rings. The molecule has 0 radical (unpaired) electrons.